The Labute approximate surface area is 100 Å². The first kappa shape index (κ1) is 12.7. The minimum atomic E-state index is 0.264. The number of benzene rings is 1. The summed E-state index contributed by atoms with van der Waals surface area (Å²) in [7, 11) is 0. The van der Waals surface area contributed by atoms with Gasteiger partial charge in [0.15, 0.2) is 0 Å². The number of halogens is 1. The van der Waals surface area contributed by atoms with Crippen LogP contribution in [0.3, 0.4) is 0 Å². The van der Waals surface area contributed by atoms with E-state index in [2.05, 4.69) is 59.5 Å². The molecule has 0 amide bonds. The van der Waals surface area contributed by atoms with Gasteiger partial charge in [-0.25, -0.2) is 0 Å². The van der Waals surface area contributed by atoms with Crippen molar-refractivity contribution in [3.8, 4) is 0 Å². The first-order chi connectivity index (χ1) is 7.13. The van der Waals surface area contributed by atoms with Crippen LogP contribution in [0.1, 0.15) is 38.3 Å². The first-order valence-electron chi connectivity index (χ1n) is 5.35. The summed E-state index contributed by atoms with van der Waals surface area (Å²) in [5, 5.41) is 0. The lowest BCUT2D eigenvalue weighted by atomic mass is 9.98. The summed E-state index contributed by atoms with van der Waals surface area (Å²) in [5.41, 5.74) is 4.13. The van der Waals surface area contributed by atoms with Crippen LogP contribution in [0.4, 0.5) is 0 Å². The quantitative estimate of drug-likeness (QED) is 0.636. The highest BCUT2D eigenvalue weighted by Gasteiger charge is 2.09. The van der Waals surface area contributed by atoms with Crippen molar-refractivity contribution < 1.29 is 0 Å². The molecule has 0 fully saturated rings. The van der Waals surface area contributed by atoms with E-state index in [9.17, 15) is 0 Å². The molecule has 3 N–H and O–H groups in total. The van der Waals surface area contributed by atoms with E-state index < -0.39 is 0 Å². The molecule has 0 saturated heterocycles. The number of hydrogen-bond acceptors (Lipinski definition) is 2. The van der Waals surface area contributed by atoms with Crippen LogP contribution in [-0.4, -0.2) is 0 Å². The van der Waals surface area contributed by atoms with Crippen LogP contribution >= 0.6 is 15.9 Å². The summed E-state index contributed by atoms with van der Waals surface area (Å²) in [6.07, 6.45) is 2.26. The lowest BCUT2D eigenvalue weighted by molar-refractivity contribution is 0.448. The third-order valence-electron chi connectivity index (χ3n) is 2.51. The van der Waals surface area contributed by atoms with Gasteiger partial charge in [-0.05, 0) is 36.5 Å². The molecular formula is C12H19BrN2. The summed E-state index contributed by atoms with van der Waals surface area (Å²) in [4.78, 5) is 0. The molecule has 1 aromatic rings. The molecular weight excluding hydrogens is 252 g/mol. The van der Waals surface area contributed by atoms with Gasteiger partial charge in [0.05, 0.1) is 0 Å². The number of hydrogen-bond donors (Lipinski definition) is 2. The molecule has 84 valence electrons. The van der Waals surface area contributed by atoms with Crippen LogP contribution in [0.15, 0.2) is 28.7 Å². The Bertz CT molecular complexity index is 282. The molecule has 1 unspecified atom stereocenters. The fourth-order valence-corrected chi connectivity index (χ4v) is 1.81. The molecule has 15 heavy (non-hydrogen) atoms. The summed E-state index contributed by atoms with van der Waals surface area (Å²) >= 11 is 3.43. The molecule has 2 nitrogen and oxygen atoms in total. The van der Waals surface area contributed by atoms with Crippen LogP contribution in [0.25, 0.3) is 0 Å². The second-order valence-electron chi connectivity index (χ2n) is 4.24. The molecule has 0 aliphatic carbocycles. The molecule has 0 radical (unpaired) electrons. The van der Waals surface area contributed by atoms with E-state index in [1.165, 1.54) is 12.0 Å². The van der Waals surface area contributed by atoms with Gasteiger partial charge in [-0.15, -0.1) is 0 Å². The van der Waals surface area contributed by atoms with E-state index in [1.807, 2.05) is 0 Å². The molecule has 0 aromatic heterocycles. The van der Waals surface area contributed by atoms with Gasteiger partial charge in [0.25, 0.3) is 0 Å². The molecule has 0 aliphatic heterocycles. The topological polar surface area (TPSA) is 38.0 Å². The largest absolute Gasteiger partial charge is 0.271 e. The summed E-state index contributed by atoms with van der Waals surface area (Å²) in [5.74, 6) is 6.29. The summed E-state index contributed by atoms with van der Waals surface area (Å²) < 4.78 is 1.10. The SMILES string of the molecule is CC(C)CCC(NN)c1ccc(Br)cc1. The van der Waals surface area contributed by atoms with Crippen LogP contribution in [0.2, 0.25) is 0 Å². The minimum absolute atomic E-state index is 0.264. The molecule has 1 aromatic carbocycles. The maximum absolute atomic E-state index is 5.57. The van der Waals surface area contributed by atoms with Crippen LogP contribution in [-0.2, 0) is 0 Å². The Morgan fingerprint density at radius 2 is 1.80 bits per heavy atom. The third-order valence-corrected chi connectivity index (χ3v) is 3.03. The zero-order chi connectivity index (χ0) is 11.3. The first-order valence-corrected chi connectivity index (χ1v) is 6.14. The lowest BCUT2D eigenvalue weighted by Crippen LogP contribution is -2.28. The Balaban J connectivity index is 2.61. The van der Waals surface area contributed by atoms with E-state index in [-0.39, 0.29) is 6.04 Å². The lowest BCUT2D eigenvalue weighted by Gasteiger charge is -2.17. The minimum Gasteiger partial charge on any atom is -0.271 e. The number of rotatable bonds is 5. The van der Waals surface area contributed by atoms with Gasteiger partial charge < -0.3 is 0 Å². The molecule has 3 heteroatoms. The third kappa shape index (κ3) is 4.33. The fraction of sp³-hybridized carbons (Fsp3) is 0.500. The van der Waals surface area contributed by atoms with Gasteiger partial charge in [-0.2, -0.15) is 0 Å². The second-order valence-corrected chi connectivity index (χ2v) is 5.16. The van der Waals surface area contributed by atoms with E-state index in [1.54, 1.807) is 0 Å². The molecule has 0 spiro atoms. The maximum Gasteiger partial charge on any atom is 0.0460 e. The van der Waals surface area contributed by atoms with Crippen molar-refractivity contribution in [2.24, 2.45) is 11.8 Å². The average molecular weight is 271 g/mol. The molecule has 0 aliphatic rings. The number of nitrogens with two attached hydrogens (primary N) is 1. The molecule has 0 heterocycles. The van der Waals surface area contributed by atoms with Crippen molar-refractivity contribution in [1.82, 2.24) is 5.43 Å². The Kier molecular flexibility index (Phi) is 5.29. The normalized spacial score (nSPS) is 13.1. The van der Waals surface area contributed by atoms with Crippen LogP contribution in [0.5, 0.6) is 0 Å². The van der Waals surface area contributed by atoms with E-state index in [0.29, 0.717) is 0 Å². The number of hydrazine groups is 1. The predicted molar refractivity (Wildman–Crippen MR) is 68.3 cm³/mol. The average Bonchev–Trinajstić information content (AvgIpc) is 2.21. The number of nitrogens with one attached hydrogen (secondary N) is 1. The van der Waals surface area contributed by atoms with Gasteiger partial charge in [-0.3, -0.25) is 11.3 Å². The van der Waals surface area contributed by atoms with Gasteiger partial charge in [0.2, 0.25) is 0 Å². The Hall–Kier alpha value is -0.380. The zero-order valence-corrected chi connectivity index (χ0v) is 10.9. The van der Waals surface area contributed by atoms with Gasteiger partial charge >= 0.3 is 0 Å². The van der Waals surface area contributed by atoms with Crippen LogP contribution in [0, 0.1) is 5.92 Å². The van der Waals surface area contributed by atoms with Gasteiger partial charge in [0, 0.05) is 10.5 Å². The second kappa shape index (κ2) is 6.26. The van der Waals surface area contributed by atoms with Gasteiger partial charge in [0.1, 0.15) is 0 Å². The summed E-state index contributed by atoms with van der Waals surface area (Å²) in [6.45, 7) is 4.46. The summed E-state index contributed by atoms with van der Waals surface area (Å²) in [6, 6.07) is 8.58. The zero-order valence-electron chi connectivity index (χ0n) is 9.33. The smallest absolute Gasteiger partial charge is 0.0460 e. The highest BCUT2D eigenvalue weighted by Crippen LogP contribution is 2.21. The standard InChI is InChI=1S/C12H19BrN2/c1-9(2)3-8-12(15-14)10-4-6-11(13)7-5-10/h4-7,9,12,15H,3,8,14H2,1-2H3. The highest BCUT2D eigenvalue weighted by atomic mass is 79.9. The van der Waals surface area contributed by atoms with Crippen molar-refractivity contribution in [3.05, 3.63) is 34.3 Å². The molecule has 0 saturated carbocycles. The van der Waals surface area contributed by atoms with E-state index in [4.69, 9.17) is 5.84 Å². The highest BCUT2D eigenvalue weighted by molar-refractivity contribution is 9.10. The van der Waals surface area contributed by atoms with Crippen molar-refractivity contribution in [2.75, 3.05) is 0 Å². The van der Waals surface area contributed by atoms with Crippen molar-refractivity contribution in [3.63, 3.8) is 0 Å². The predicted octanol–water partition coefficient (Wildman–Crippen LogP) is 3.39. The van der Waals surface area contributed by atoms with E-state index in [0.717, 1.165) is 16.8 Å². The molecule has 1 rings (SSSR count). The van der Waals surface area contributed by atoms with Crippen molar-refractivity contribution >= 4 is 15.9 Å². The van der Waals surface area contributed by atoms with Crippen LogP contribution < -0.4 is 11.3 Å². The maximum atomic E-state index is 5.57. The van der Waals surface area contributed by atoms with Gasteiger partial charge in [-0.1, -0.05) is 41.9 Å². The molecule has 1 atom stereocenters. The van der Waals surface area contributed by atoms with Crippen molar-refractivity contribution in [1.29, 1.82) is 0 Å². The monoisotopic (exact) mass is 270 g/mol. The van der Waals surface area contributed by atoms with Crippen molar-refractivity contribution in [2.45, 2.75) is 32.7 Å². The fourth-order valence-electron chi connectivity index (χ4n) is 1.54. The van der Waals surface area contributed by atoms with E-state index >= 15 is 0 Å². The Morgan fingerprint density at radius 3 is 2.27 bits per heavy atom. The Morgan fingerprint density at radius 1 is 1.20 bits per heavy atom. The molecule has 0 bridgehead atoms.